The molecule has 2 aromatic rings. The number of carbonyl (C=O) groups is 2. The van der Waals surface area contributed by atoms with Crippen LogP contribution in [-0.4, -0.2) is 11.8 Å². The third kappa shape index (κ3) is 4.58. The Morgan fingerprint density at radius 3 is 1.96 bits per heavy atom. The van der Waals surface area contributed by atoms with Gasteiger partial charge in [0.1, 0.15) is 6.42 Å². The zero-order valence-corrected chi connectivity index (χ0v) is 12.8. The number of nitrogens with one attached hydrogen (secondary N) is 2. The molecule has 0 saturated heterocycles. The van der Waals surface area contributed by atoms with Crippen molar-refractivity contribution in [3.8, 4) is 0 Å². The number of hydrogen-bond donors (Lipinski definition) is 2. The number of halogens is 3. The van der Waals surface area contributed by atoms with E-state index in [9.17, 15) is 22.8 Å². The van der Waals surface area contributed by atoms with Gasteiger partial charge in [-0.15, -0.1) is 0 Å². The zero-order chi connectivity index (χ0) is 17.7. The van der Waals surface area contributed by atoms with Gasteiger partial charge in [-0.25, -0.2) is 0 Å². The van der Waals surface area contributed by atoms with E-state index in [-0.39, 0.29) is 5.69 Å². The highest BCUT2D eigenvalue weighted by Crippen LogP contribution is 2.34. The molecule has 0 atom stereocenters. The molecule has 7 heteroatoms. The summed E-state index contributed by atoms with van der Waals surface area (Å²) in [6.07, 6.45) is -5.17. The maximum Gasteiger partial charge on any atom is 0.418 e. The maximum atomic E-state index is 12.9. The number of anilines is 2. The number of hydrogen-bond acceptors (Lipinski definition) is 2. The largest absolute Gasteiger partial charge is 0.418 e. The molecular weight excluding hydrogens is 321 g/mol. The van der Waals surface area contributed by atoms with Crippen LogP contribution in [0, 0.1) is 6.92 Å². The molecule has 0 spiro atoms. The molecule has 2 N–H and O–H groups in total. The van der Waals surface area contributed by atoms with Gasteiger partial charge >= 0.3 is 6.18 Å². The van der Waals surface area contributed by atoms with Gasteiger partial charge in [-0.3, -0.25) is 9.59 Å². The number of carbonyl (C=O) groups excluding carboxylic acids is 2. The van der Waals surface area contributed by atoms with Crippen molar-refractivity contribution >= 4 is 23.2 Å². The molecule has 0 fully saturated rings. The highest BCUT2D eigenvalue weighted by molar-refractivity contribution is 6.08. The predicted molar refractivity (Wildman–Crippen MR) is 84.5 cm³/mol. The van der Waals surface area contributed by atoms with Crippen molar-refractivity contribution in [2.24, 2.45) is 0 Å². The second-order valence-corrected chi connectivity index (χ2v) is 5.13. The van der Waals surface area contributed by atoms with Gasteiger partial charge in [0, 0.05) is 5.69 Å². The molecule has 2 rings (SSSR count). The summed E-state index contributed by atoms with van der Waals surface area (Å²) in [5.41, 5.74) is 0.0241. The molecule has 2 aromatic carbocycles. The molecule has 24 heavy (non-hydrogen) atoms. The summed E-state index contributed by atoms with van der Waals surface area (Å²) in [4.78, 5) is 23.7. The highest BCUT2D eigenvalue weighted by atomic mass is 19.4. The number of alkyl halides is 3. The van der Waals surface area contributed by atoms with Crippen LogP contribution in [0.2, 0.25) is 0 Å². The molecule has 4 nitrogen and oxygen atoms in total. The van der Waals surface area contributed by atoms with Gasteiger partial charge < -0.3 is 10.6 Å². The molecule has 2 amide bonds. The Labute approximate surface area is 136 Å². The lowest BCUT2D eigenvalue weighted by molar-refractivity contribution is -0.137. The Morgan fingerprint density at radius 1 is 0.875 bits per heavy atom. The minimum Gasteiger partial charge on any atom is -0.325 e. The van der Waals surface area contributed by atoms with Gasteiger partial charge in [0.15, 0.2) is 0 Å². The fourth-order valence-corrected chi connectivity index (χ4v) is 2.09. The first-order chi connectivity index (χ1) is 11.3. The first kappa shape index (κ1) is 17.5. The van der Waals surface area contributed by atoms with Crippen LogP contribution >= 0.6 is 0 Å². The van der Waals surface area contributed by atoms with Crippen molar-refractivity contribution in [3.05, 3.63) is 59.7 Å². The van der Waals surface area contributed by atoms with E-state index in [0.29, 0.717) is 5.69 Å². The van der Waals surface area contributed by atoms with Gasteiger partial charge in [-0.1, -0.05) is 30.3 Å². The summed E-state index contributed by atoms with van der Waals surface area (Å²) in [7, 11) is 0. The predicted octanol–water partition coefficient (Wildman–Crippen LogP) is 3.98. The number of rotatable bonds is 4. The van der Waals surface area contributed by atoms with Crippen molar-refractivity contribution in [2.45, 2.75) is 19.5 Å². The molecule has 0 aliphatic rings. The van der Waals surface area contributed by atoms with E-state index in [2.05, 4.69) is 10.6 Å². The van der Waals surface area contributed by atoms with Crippen molar-refractivity contribution < 1.29 is 22.8 Å². The lowest BCUT2D eigenvalue weighted by Crippen LogP contribution is -2.23. The number of aryl methyl sites for hydroxylation is 1. The molecule has 0 aromatic heterocycles. The topological polar surface area (TPSA) is 58.2 Å². The minimum absolute atomic E-state index is 0.376. The molecule has 0 unspecified atom stereocenters. The first-order valence-electron chi connectivity index (χ1n) is 7.09. The Morgan fingerprint density at radius 2 is 1.38 bits per heavy atom. The summed E-state index contributed by atoms with van der Waals surface area (Å²) in [5.74, 6) is -1.43. The Kier molecular flexibility index (Phi) is 5.23. The summed E-state index contributed by atoms with van der Waals surface area (Å²) in [6.45, 7) is 1.79. The maximum absolute atomic E-state index is 12.9. The third-order valence-electron chi connectivity index (χ3n) is 3.25. The van der Waals surface area contributed by atoms with Crippen molar-refractivity contribution in [2.75, 3.05) is 10.6 Å². The highest BCUT2D eigenvalue weighted by Gasteiger charge is 2.33. The van der Waals surface area contributed by atoms with Crippen LogP contribution in [0.25, 0.3) is 0 Å². The van der Waals surface area contributed by atoms with E-state index in [1.807, 2.05) is 0 Å². The van der Waals surface area contributed by atoms with Gasteiger partial charge in [-0.05, 0) is 30.7 Å². The van der Waals surface area contributed by atoms with Crippen LogP contribution < -0.4 is 10.6 Å². The Balaban J connectivity index is 2.02. The van der Waals surface area contributed by atoms with E-state index in [1.54, 1.807) is 31.2 Å². The molecule has 0 saturated carbocycles. The van der Waals surface area contributed by atoms with Crippen molar-refractivity contribution in [3.63, 3.8) is 0 Å². The molecule has 0 heterocycles. The van der Waals surface area contributed by atoms with E-state index in [1.165, 1.54) is 12.1 Å². The van der Waals surface area contributed by atoms with E-state index < -0.39 is 30.0 Å². The first-order valence-corrected chi connectivity index (χ1v) is 7.09. The van der Waals surface area contributed by atoms with Crippen molar-refractivity contribution in [1.29, 1.82) is 0 Å². The fourth-order valence-electron chi connectivity index (χ4n) is 2.09. The van der Waals surface area contributed by atoms with Crippen LogP contribution in [0.5, 0.6) is 0 Å². The van der Waals surface area contributed by atoms with Crippen LogP contribution in [-0.2, 0) is 15.8 Å². The van der Waals surface area contributed by atoms with E-state index in [0.717, 1.165) is 17.7 Å². The SMILES string of the molecule is Cc1ccccc1NC(=O)CC(=O)Nc1ccccc1C(F)(F)F. The monoisotopic (exact) mass is 336 g/mol. The molecule has 0 bridgehead atoms. The Hall–Kier alpha value is -2.83. The number of benzene rings is 2. The summed E-state index contributed by atoms with van der Waals surface area (Å²) in [6, 6.07) is 11.6. The fraction of sp³-hybridized carbons (Fsp3) is 0.176. The quantitative estimate of drug-likeness (QED) is 0.830. The van der Waals surface area contributed by atoms with Crippen LogP contribution in [0.15, 0.2) is 48.5 Å². The molecule has 0 aliphatic carbocycles. The van der Waals surface area contributed by atoms with Gasteiger partial charge in [-0.2, -0.15) is 13.2 Å². The van der Waals surface area contributed by atoms with Crippen LogP contribution in [0.3, 0.4) is 0 Å². The number of amides is 2. The summed E-state index contributed by atoms with van der Waals surface area (Å²) in [5, 5.41) is 4.68. The van der Waals surface area contributed by atoms with Crippen LogP contribution in [0.4, 0.5) is 24.5 Å². The second kappa shape index (κ2) is 7.16. The zero-order valence-electron chi connectivity index (χ0n) is 12.8. The number of para-hydroxylation sites is 2. The van der Waals surface area contributed by atoms with E-state index >= 15 is 0 Å². The van der Waals surface area contributed by atoms with Gasteiger partial charge in [0.25, 0.3) is 0 Å². The van der Waals surface area contributed by atoms with Crippen LogP contribution in [0.1, 0.15) is 17.5 Å². The van der Waals surface area contributed by atoms with Crippen molar-refractivity contribution in [1.82, 2.24) is 0 Å². The average Bonchev–Trinajstić information content (AvgIpc) is 2.49. The minimum atomic E-state index is -4.59. The van der Waals surface area contributed by atoms with Gasteiger partial charge in [0.05, 0.1) is 11.3 Å². The molecule has 0 radical (unpaired) electrons. The van der Waals surface area contributed by atoms with E-state index in [4.69, 9.17) is 0 Å². The smallest absolute Gasteiger partial charge is 0.325 e. The van der Waals surface area contributed by atoms with Gasteiger partial charge in [0.2, 0.25) is 11.8 Å². The standard InChI is InChI=1S/C17H15F3N2O2/c1-11-6-2-4-8-13(11)21-15(23)10-16(24)22-14-9-5-3-7-12(14)17(18,19)20/h2-9H,10H2,1H3,(H,21,23)(H,22,24). The lowest BCUT2D eigenvalue weighted by Gasteiger charge is -2.13. The molecular formula is C17H15F3N2O2. The molecule has 126 valence electrons. The molecule has 0 aliphatic heterocycles. The third-order valence-corrected chi connectivity index (χ3v) is 3.25. The second-order valence-electron chi connectivity index (χ2n) is 5.13. The lowest BCUT2D eigenvalue weighted by atomic mass is 10.1. The summed E-state index contributed by atoms with van der Waals surface area (Å²) >= 11 is 0. The summed E-state index contributed by atoms with van der Waals surface area (Å²) < 4.78 is 38.6. The average molecular weight is 336 g/mol. The Bertz CT molecular complexity index is 757. The normalized spacial score (nSPS) is 11.0.